The number of aryl methyl sites for hydroxylation is 1. The van der Waals surface area contributed by atoms with E-state index in [4.69, 9.17) is 0 Å². The van der Waals surface area contributed by atoms with Gasteiger partial charge in [0.25, 0.3) is 5.91 Å². The SMILES string of the molecule is CC(=O)N(n1[nH]c(=O)nc1C)S(=O)(=O)C(F)(F)F. The highest BCUT2D eigenvalue weighted by Gasteiger charge is 2.52. The quantitative estimate of drug-likeness (QED) is 0.768. The molecule has 0 saturated heterocycles. The van der Waals surface area contributed by atoms with Crippen molar-refractivity contribution in [2.24, 2.45) is 0 Å². The summed E-state index contributed by atoms with van der Waals surface area (Å²) < 4.78 is 58.8. The molecule has 0 fully saturated rings. The molecule has 18 heavy (non-hydrogen) atoms. The van der Waals surface area contributed by atoms with Crippen LogP contribution in [0.25, 0.3) is 0 Å². The summed E-state index contributed by atoms with van der Waals surface area (Å²) in [5.74, 6) is -1.87. The average Bonchev–Trinajstić information content (AvgIpc) is 2.42. The van der Waals surface area contributed by atoms with E-state index < -0.39 is 37.4 Å². The topological polar surface area (TPSA) is 105 Å². The number of halogens is 3. The zero-order valence-corrected chi connectivity index (χ0v) is 9.83. The number of amides is 1. The summed E-state index contributed by atoms with van der Waals surface area (Å²) in [5.41, 5.74) is -6.78. The lowest BCUT2D eigenvalue weighted by Gasteiger charge is -2.22. The maximum Gasteiger partial charge on any atom is 0.518 e. The van der Waals surface area contributed by atoms with Crippen molar-refractivity contribution >= 4 is 15.9 Å². The highest BCUT2D eigenvalue weighted by molar-refractivity contribution is 7.93. The number of nitrogens with one attached hydrogen (secondary N) is 1. The van der Waals surface area contributed by atoms with E-state index in [1.807, 2.05) is 0 Å². The summed E-state index contributed by atoms with van der Waals surface area (Å²) in [6.45, 7) is 1.65. The van der Waals surface area contributed by atoms with Crippen molar-refractivity contribution in [1.29, 1.82) is 0 Å². The molecule has 12 heteroatoms. The van der Waals surface area contributed by atoms with E-state index in [1.54, 1.807) is 5.10 Å². The van der Waals surface area contributed by atoms with E-state index in [0.717, 1.165) is 6.92 Å². The Labute approximate surface area is 98.0 Å². The van der Waals surface area contributed by atoms with E-state index in [-0.39, 0.29) is 4.79 Å². The number of aromatic nitrogens is 3. The van der Waals surface area contributed by atoms with Crippen LogP contribution in [0.3, 0.4) is 0 Å². The molecule has 1 amide bonds. The molecular weight excluding hydrogens is 281 g/mol. The van der Waals surface area contributed by atoms with Crippen LogP contribution in [0.2, 0.25) is 0 Å². The Kier molecular flexibility index (Phi) is 3.25. The lowest BCUT2D eigenvalue weighted by atomic mass is 10.7. The molecule has 8 nitrogen and oxygen atoms in total. The van der Waals surface area contributed by atoms with Crippen LogP contribution >= 0.6 is 0 Å². The van der Waals surface area contributed by atoms with Crippen LogP contribution in [-0.4, -0.2) is 34.7 Å². The first-order chi connectivity index (χ1) is 7.98. The molecule has 0 aliphatic carbocycles. The Morgan fingerprint density at radius 3 is 2.22 bits per heavy atom. The zero-order chi connectivity index (χ0) is 14.3. The molecule has 0 unspecified atom stereocenters. The maximum absolute atomic E-state index is 12.4. The standard InChI is InChI=1S/C6H7F3N4O4S/c1-3-10-5(15)11-12(3)13(4(2)14)18(16,17)6(7,8)9/h1-2H3,(H,11,15). The number of alkyl halides is 3. The molecule has 0 atom stereocenters. The maximum atomic E-state index is 12.4. The predicted molar refractivity (Wildman–Crippen MR) is 51.5 cm³/mol. The Morgan fingerprint density at radius 1 is 1.44 bits per heavy atom. The number of rotatable bonds is 2. The third-order valence-electron chi connectivity index (χ3n) is 1.74. The van der Waals surface area contributed by atoms with E-state index in [0.29, 0.717) is 6.92 Å². The van der Waals surface area contributed by atoms with Crippen LogP contribution in [0, 0.1) is 6.92 Å². The van der Waals surface area contributed by atoms with Crippen molar-refractivity contribution in [2.45, 2.75) is 19.4 Å². The van der Waals surface area contributed by atoms with Gasteiger partial charge in [0.1, 0.15) is 0 Å². The van der Waals surface area contributed by atoms with Gasteiger partial charge in [0, 0.05) is 6.92 Å². The van der Waals surface area contributed by atoms with E-state index in [9.17, 15) is 31.2 Å². The monoisotopic (exact) mass is 288 g/mol. The van der Waals surface area contributed by atoms with E-state index in [2.05, 4.69) is 4.98 Å². The Hall–Kier alpha value is -1.85. The van der Waals surface area contributed by atoms with Crippen LogP contribution in [0.1, 0.15) is 12.7 Å². The lowest BCUT2D eigenvalue weighted by molar-refractivity contribution is -0.117. The molecule has 0 aliphatic rings. The lowest BCUT2D eigenvalue weighted by Crippen LogP contribution is -2.51. The summed E-state index contributed by atoms with van der Waals surface area (Å²) in [5, 5.41) is 1.68. The number of nitrogens with zero attached hydrogens (tertiary/aromatic N) is 3. The third kappa shape index (κ3) is 2.23. The molecule has 0 bridgehead atoms. The molecule has 0 saturated carbocycles. The fraction of sp³-hybridized carbons (Fsp3) is 0.500. The molecule has 0 radical (unpaired) electrons. The van der Waals surface area contributed by atoms with Crippen molar-refractivity contribution in [3.63, 3.8) is 0 Å². The molecule has 0 aliphatic heterocycles. The summed E-state index contributed by atoms with van der Waals surface area (Å²) in [4.78, 5) is 25.1. The number of hydrogen-bond donors (Lipinski definition) is 1. The van der Waals surface area contributed by atoms with Crippen LogP contribution < -0.4 is 10.1 Å². The van der Waals surface area contributed by atoms with Gasteiger partial charge in [-0.2, -0.15) is 31.4 Å². The normalized spacial score (nSPS) is 12.5. The Bertz CT molecular complexity index is 628. The molecule has 0 aromatic carbocycles. The van der Waals surface area contributed by atoms with Crippen LogP contribution in [-0.2, 0) is 14.8 Å². The van der Waals surface area contributed by atoms with Crippen molar-refractivity contribution < 1.29 is 26.4 Å². The van der Waals surface area contributed by atoms with Gasteiger partial charge in [-0.3, -0.25) is 4.79 Å². The molecule has 1 heterocycles. The van der Waals surface area contributed by atoms with Gasteiger partial charge in [0.05, 0.1) is 0 Å². The minimum Gasteiger partial charge on any atom is -0.272 e. The zero-order valence-electron chi connectivity index (χ0n) is 9.02. The number of hydrogen-bond acceptors (Lipinski definition) is 5. The van der Waals surface area contributed by atoms with Crippen molar-refractivity contribution in [1.82, 2.24) is 14.9 Å². The van der Waals surface area contributed by atoms with Gasteiger partial charge in [-0.05, 0) is 6.92 Å². The molecule has 0 spiro atoms. The second-order valence-corrected chi connectivity index (χ2v) is 4.86. The summed E-state index contributed by atoms with van der Waals surface area (Å²) >= 11 is 0. The summed E-state index contributed by atoms with van der Waals surface area (Å²) in [7, 11) is -5.96. The van der Waals surface area contributed by atoms with Gasteiger partial charge < -0.3 is 0 Å². The van der Waals surface area contributed by atoms with Crippen molar-refractivity contribution in [3.8, 4) is 0 Å². The fourth-order valence-electron chi connectivity index (χ4n) is 1.08. The number of carbonyl (C=O) groups is 1. The highest BCUT2D eigenvalue weighted by atomic mass is 32.2. The molecule has 1 aromatic rings. The number of aromatic amines is 1. The molecule has 1 aromatic heterocycles. The Morgan fingerprint density at radius 2 is 1.94 bits per heavy atom. The summed E-state index contributed by atoms with van der Waals surface area (Å²) in [6.07, 6.45) is 0. The van der Waals surface area contributed by atoms with Gasteiger partial charge in [-0.15, -0.1) is 4.41 Å². The first-order valence-corrected chi connectivity index (χ1v) is 5.70. The van der Waals surface area contributed by atoms with Gasteiger partial charge in [0.2, 0.25) is 0 Å². The van der Waals surface area contributed by atoms with Gasteiger partial charge in [-0.25, -0.2) is 9.89 Å². The number of sulfonamides is 1. The second kappa shape index (κ2) is 4.12. The first-order valence-electron chi connectivity index (χ1n) is 4.26. The molecular formula is C6H7F3N4O4S. The largest absolute Gasteiger partial charge is 0.518 e. The smallest absolute Gasteiger partial charge is 0.272 e. The van der Waals surface area contributed by atoms with Crippen molar-refractivity contribution in [3.05, 3.63) is 16.3 Å². The predicted octanol–water partition coefficient (Wildman–Crippen LogP) is -0.786. The Balaban J connectivity index is 3.52. The highest BCUT2D eigenvalue weighted by Crippen LogP contribution is 2.26. The first kappa shape index (κ1) is 14.2. The van der Waals surface area contributed by atoms with Gasteiger partial charge in [-0.1, -0.05) is 0 Å². The fourth-order valence-corrected chi connectivity index (χ4v) is 1.99. The molecule has 1 N–H and O–H groups in total. The van der Waals surface area contributed by atoms with E-state index >= 15 is 0 Å². The molecule has 1 rings (SSSR count). The van der Waals surface area contributed by atoms with Crippen LogP contribution in [0.5, 0.6) is 0 Å². The average molecular weight is 288 g/mol. The molecule has 102 valence electrons. The van der Waals surface area contributed by atoms with Crippen molar-refractivity contribution in [2.75, 3.05) is 4.41 Å². The minimum atomic E-state index is -5.96. The minimum absolute atomic E-state index is 0.119. The summed E-state index contributed by atoms with van der Waals surface area (Å²) in [6, 6.07) is 0. The third-order valence-corrected chi connectivity index (χ3v) is 3.20. The second-order valence-electron chi connectivity index (χ2n) is 3.10. The van der Waals surface area contributed by atoms with Gasteiger partial charge >= 0.3 is 21.2 Å². The number of H-pyrrole nitrogens is 1. The number of carbonyl (C=O) groups excluding carboxylic acids is 1. The van der Waals surface area contributed by atoms with Crippen LogP contribution in [0.4, 0.5) is 13.2 Å². The van der Waals surface area contributed by atoms with Crippen LogP contribution in [0.15, 0.2) is 4.79 Å². The van der Waals surface area contributed by atoms with E-state index in [1.165, 1.54) is 0 Å². The van der Waals surface area contributed by atoms with Gasteiger partial charge in [0.15, 0.2) is 5.82 Å².